The number of fused-ring (bicyclic) bond motifs is 1. The van der Waals surface area contributed by atoms with Crippen molar-refractivity contribution >= 4 is 44.8 Å². The molecule has 5 rings (SSSR count). The van der Waals surface area contributed by atoms with Gasteiger partial charge >= 0.3 is 0 Å². The summed E-state index contributed by atoms with van der Waals surface area (Å²) < 4.78 is 2.42. The molecule has 0 aliphatic carbocycles. The first-order valence-corrected chi connectivity index (χ1v) is 11.8. The molecule has 0 saturated heterocycles. The summed E-state index contributed by atoms with van der Waals surface area (Å²) in [5, 5.41) is 3.10. The number of hydrogen-bond acceptors (Lipinski definition) is 3. The van der Waals surface area contributed by atoms with Crippen LogP contribution in [0.25, 0.3) is 32.7 Å². The van der Waals surface area contributed by atoms with Crippen LogP contribution < -0.4 is 5.56 Å². The van der Waals surface area contributed by atoms with E-state index in [0.717, 1.165) is 27.8 Å². The van der Waals surface area contributed by atoms with Crippen LogP contribution in [0.15, 0.2) is 89.0 Å². The Morgan fingerprint density at radius 2 is 1.56 bits per heavy atom. The number of nitrogens with zero attached hydrogens (tertiary/aromatic N) is 2. The lowest BCUT2D eigenvalue weighted by Crippen LogP contribution is -2.23. The lowest BCUT2D eigenvalue weighted by atomic mass is 10.0. The summed E-state index contributed by atoms with van der Waals surface area (Å²) in [6.07, 6.45) is 0.601. The van der Waals surface area contributed by atoms with Gasteiger partial charge in [-0.2, -0.15) is 0 Å². The van der Waals surface area contributed by atoms with Gasteiger partial charge in [0.1, 0.15) is 10.5 Å². The van der Waals surface area contributed by atoms with Gasteiger partial charge in [-0.15, -0.1) is 11.3 Å². The average Bonchev–Trinajstić information content (AvgIpc) is 3.29. The number of hydrogen-bond donors (Lipinski definition) is 0. The maximum Gasteiger partial charge on any atom is 0.271 e. The molecule has 0 spiro atoms. The summed E-state index contributed by atoms with van der Waals surface area (Å²) in [6, 6.07) is 25.7. The maximum absolute atomic E-state index is 13.3. The molecule has 32 heavy (non-hydrogen) atoms. The topological polar surface area (TPSA) is 34.9 Å². The van der Waals surface area contributed by atoms with Gasteiger partial charge in [0, 0.05) is 22.2 Å². The highest BCUT2D eigenvalue weighted by Gasteiger charge is 2.15. The van der Waals surface area contributed by atoms with E-state index in [9.17, 15) is 4.79 Å². The zero-order valence-corrected chi connectivity index (χ0v) is 19.3. The molecule has 3 nitrogen and oxygen atoms in total. The van der Waals surface area contributed by atoms with Crippen molar-refractivity contribution in [3.63, 3.8) is 0 Å². The van der Waals surface area contributed by atoms with Crippen molar-refractivity contribution in [1.29, 1.82) is 0 Å². The van der Waals surface area contributed by atoms with Crippen molar-refractivity contribution in [3.05, 3.63) is 110 Å². The molecule has 0 atom stereocenters. The van der Waals surface area contributed by atoms with Crippen LogP contribution in [0.3, 0.4) is 0 Å². The minimum Gasteiger partial charge on any atom is -0.291 e. The number of rotatable bonds is 5. The average molecular weight is 477 g/mol. The first-order valence-electron chi connectivity index (χ1n) is 10.2. The normalized spacial score (nSPS) is 11.2. The predicted octanol–water partition coefficient (Wildman–Crippen LogP) is 7.34. The van der Waals surface area contributed by atoms with E-state index in [1.807, 2.05) is 53.9 Å². The quantitative estimate of drug-likeness (QED) is 0.265. The van der Waals surface area contributed by atoms with Gasteiger partial charge < -0.3 is 0 Å². The molecule has 2 aromatic heterocycles. The molecule has 0 N–H and O–H groups in total. The second-order valence-electron chi connectivity index (χ2n) is 7.46. The molecular formula is C26H18Cl2N2OS. The third kappa shape index (κ3) is 4.09. The molecule has 158 valence electrons. The Labute approximate surface area is 199 Å². The molecule has 2 heterocycles. The second-order valence-corrected chi connectivity index (χ2v) is 9.22. The van der Waals surface area contributed by atoms with Gasteiger partial charge in [-0.05, 0) is 46.7 Å². The van der Waals surface area contributed by atoms with Gasteiger partial charge in [0.15, 0.2) is 0 Å². The molecule has 0 amide bonds. The van der Waals surface area contributed by atoms with Gasteiger partial charge in [-0.3, -0.25) is 9.36 Å². The van der Waals surface area contributed by atoms with Gasteiger partial charge in [0.25, 0.3) is 5.56 Å². The van der Waals surface area contributed by atoms with E-state index in [4.69, 9.17) is 28.2 Å². The lowest BCUT2D eigenvalue weighted by molar-refractivity contribution is 0.672. The van der Waals surface area contributed by atoms with Crippen molar-refractivity contribution < 1.29 is 0 Å². The Morgan fingerprint density at radius 1 is 0.844 bits per heavy atom. The van der Waals surface area contributed by atoms with Crippen molar-refractivity contribution in [2.24, 2.45) is 0 Å². The zero-order chi connectivity index (χ0) is 22.1. The molecule has 0 radical (unpaired) electrons. The smallest absolute Gasteiger partial charge is 0.271 e. The van der Waals surface area contributed by atoms with Crippen LogP contribution in [0.1, 0.15) is 5.56 Å². The van der Waals surface area contributed by atoms with E-state index in [-0.39, 0.29) is 5.56 Å². The Hall–Kier alpha value is -2.92. The fourth-order valence-electron chi connectivity index (χ4n) is 3.77. The molecule has 0 saturated carbocycles. The van der Waals surface area contributed by atoms with Gasteiger partial charge in [0.05, 0.1) is 5.52 Å². The number of thiophene rings is 1. The molecule has 5 aromatic rings. The van der Waals surface area contributed by atoms with E-state index in [1.54, 1.807) is 10.6 Å². The highest BCUT2D eigenvalue weighted by Crippen LogP contribution is 2.27. The van der Waals surface area contributed by atoms with E-state index >= 15 is 0 Å². The van der Waals surface area contributed by atoms with E-state index in [0.29, 0.717) is 33.5 Å². The summed E-state index contributed by atoms with van der Waals surface area (Å²) in [6.45, 7) is 0.469. The minimum absolute atomic E-state index is 0.0304. The monoisotopic (exact) mass is 476 g/mol. The summed E-state index contributed by atoms with van der Waals surface area (Å²) in [5.74, 6) is 0.658. The summed E-state index contributed by atoms with van der Waals surface area (Å²) in [4.78, 5) is 18.1. The Balaban J connectivity index is 1.55. The highest BCUT2D eigenvalue weighted by molar-refractivity contribution is 7.17. The summed E-state index contributed by atoms with van der Waals surface area (Å²) >= 11 is 13.8. The SMILES string of the molecule is O=c1c2sccc2nc(-c2ccc(-c3ccccc3)cc2)n1CCc1ccc(Cl)cc1Cl. The third-order valence-corrected chi connectivity index (χ3v) is 6.91. The molecular weight excluding hydrogens is 459 g/mol. The van der Waals surface area contributed by atoms with Crippen LogP contribution in [-0.4, -0.2) is 9.55 Å². The van der Waals surface area contributed by atoms with Crippen molar-refractivity contribution in [1.82, 2.24) is 9.55 Å². The second kappa shape index (κ2) is 8.91. The van der Waals surface area contributed by atoms with Crippen LogP contribution >= 0.6 is 34.5 Å². The number of aryl methyl sites for hydroxylation is 1. The van der Waals surface area contributed by atoms with Crippen LogP contribution in [0.5, 0.6) is 0 Å². The van der Waals surface area contributed by atoms with Crippen LogP contribution in [0.4, 0.5) is 0 Å². The van der Waals surface area contributed by atoms with Crippen LogP contribution in [0.2, 0.25) is 10.0 Å². The fraction of sp³-hybridized carbons (Fsp3) is 0.0769. The third-order valence-electron chi connectivity index (χ3n) is 5.44. The van der Waals surface area contributed by atoms with Crippen molar-refractivity contribution in [2.45, 2.75) is 13.0 Å². The Kier molecular flexibility index (Phi) is 5.83. The first kappa shape index (κ1) is 21.0. The van der Waals surface area contributed by atoms with Crippen molar-refractivity contribution in [2.75, 3.05) is 0 Å². The molecule has 6 heteroatoms. The zero-order valence-electron chi connectivity index (χ0n) is 17.0. The Bertz CT molecular complexity index is 1460. The molecule has 3 aromatic carbocycles. The van der Waals surface area contributed by atoms with Gasteiger partial charge in [-0.25, -0.2) is 4.98 Å². The van der Waals surface area contributed by atoms with Crippen LogP contribution in [0, 0.1) is 0 Å². The minimum atomic E-state index is -0.0304. The first-order chi connectivity index (χ1) is 15.6. The van der Waals surface area contributed by atoms with Gasteiger partial charge in [-0.1, -0.05) is 83.9 Å². The molecule has 0 bridgehead atoms. The van der Waals surface area contributed by atoms with E-state index in [1.165, 1.54) is 11.3 Å². The van der Waals surface area contributed by atoms with Crippen molar-refractivity contribution in [3.8, 4) is 22.5 Å². The number of aromatic nitrogens is 2. The molecule has 0 aliphatic heterocycles. The molecule has 0 unspecified atom stereocenters. The largest absolute Gasteiger partial charge is 0.291 e. The van der Waals surface area contributed by atoms with E-state index in [2.05, 4.69) is 24.3 Å². The summed E-state index contributed by atoms with van der Waals surface area (Å²) in [5.41, 5.74) is 4.81. The fourth-order valence-corrected chi connectivity index (χ4v) is 5.05. The van der Waals surface area contributed by atoms with Crippen LogP contribution in [-0.2, 0) is 13.0 Å². The lowest BCUT2D eigenvalue weighted by Gasteiger charge is -2.14. The van der Waals surface area contributed by atoms with E-state index < -0.39 is 0 Å². The standard InChI is InChI=1S/C26H18Cl2N2OS/c27-21-11-10-19(22(28)16-21)12-14-30-25(29-23-13-15-32-24(23)26(30)31)20-8-6-18(7-9-20)17-4-2-1-3-5-17/h1-11,13,15-16H,12,14H2. The Morgan fingerprint density at radius 3 is 2.31 bits per heavy atom. The van der Waals surface area contributed by atoms with Gasteiger partial charge in [0.2, 0.25) is 0 Å². The summed E-state index contributed by atoms with van der Waals surface area (Å²) in [7, 11) is 0. The predicted molar refractivity (Wildman–Crippen MR) is 135 cm³/mol. The number of benzene rings is 3. The molecule has 0 fully saturated rings. The number of halogens is 2. The highest BCUT2D eigenvalue weighted by atomic mass is 35.5. The maximum atomic E-state index is 13.3. The molecule has 0 aliphatic rings.